The lowest BCUT2D eigenvalue weighted by Crippen LogP contribution is -2.35. The number of aliphatic hydroxyl groups is 1. The van der Waals surface area contributed by atoms with Gasteiger partial charge in [-0.1, -0.05) is 13.8 Å². The Morgan fingerprint density at radius 1 is 1.30 bits per heavy atom. The Labute approximate surface area is 174 Å². The predicted octanol–water partition coefficient (Wildman–Crippen LogP) is 3.62. The molecule has 0 spiro atoms. The normalized spacial score (nSPS) is 12.2. The van der Waals surface area contributed by atoms with Crippen LogP contribution in [0.4, 0.5) is 20.8 Å². The number of amides is 2. The van der Waals surface area contributed by atoms with E-state index in [4.69, 9.17) is 9.52 Å². The van der Waals surface area contributed by atoms with Crippen molar-refractivity contribution >= 4 is 28.6 Å². The molecule has 1 atom stereocenters. The van der Waals surface area contributed by atoms with Crippen LogP contribution in [0.25, 0.3) is 11.0 Å². The third-order valence-corrected chi connectivity index (χ3v) is 4.84. The van der Waals surface area contributed by atoms with E-state index in [2.05, 4.69) is 20.6 Å². The van der Waals surface area contributed by atoms with Crippen LogP contribution in [-0.4, -0.2) is 41.3 Å². The van der Waals surface area contributed by atoms with Crippen LogP contribution < -0.4 is 15.5 Å². The summed E-state index contributed by atoms with van der Waals surface area (Å²) in [6, 6.07) is 3.53. The molecule has 0 fully saturated rings. The molecule has 160 valence electrons. The Bertz CT molecular complexity index is 1020. The van der Waals surface area contributed by atoms with Crippen LogP contribution in [0.5, 0.6) is 0 Å². The maximum absolute atomic E-state index is 13.6. The van der Waals surface area contributed by atoms with E-state index in [0.29, 0.717) is 34.9 Å². The lowest BCUT2D eigenvalue weighted by molar-refractivity contribution is 0.241. The molecule has 3 N–H and O–H groups in total. The van der Waals surface area contributed by atoms with Gasteiger partial charge in [0.2, 0.25) is 5.95 Å². The summed E-state index contributed by atoms with van der Waals surface area (Å²) < 4.78 is 19.5. The van der Waals surface area contributed by atoms with Gasteiger partial charge in [-0.05, 0) is 31.0 Å². The quantitative estimate of drug-likeness (QED) is 0.545. The molecule has 2 heterocycles. The van der Waals surface area contributed by atoms with Crippen LogP contribution in [0.1, 0.15) is 31.2 Å². The number of carbonyl (C=O) groups excluding carboxylic acids is 1. The molecule has 30 heavy (non-hydrogen) atoms. The van der Waals surface area contributed by atoms with Gasteiger partial charge < -0.3 is 25.1 Å². The van der Waals surface area contributed by atoms with Gasteiger partial charge in [-0.2, -0.15) is 0 Å². The Hall–Kier alpha value is -3.20. The summed E-state index contributed by atoms with van der Waals surface area (Å²) in [6.45, 7) is 6.18. The molecule has 0 aliphatic carbocycles. The van der Waals surface area contributed by atoms with E-state index in [0.717, 1.165) is 5.56 Å². The summed E-state index contributed by atoms with van der Waals surface area (Å²) in [5.41, 5.74) is 1.80. The first kappa shape index (κ1) is 21.5. The van der Waals surface area contributed by atoms with E-state index in [1.165, 1.54) is 24.5 Å². The summed E-state index contributed by atoms with van der Waals surface area (Å²) in [6.07, 6.45) is 2.99. The highest BCUT2D eigenvalue weighted by Crippen LogP contribution is 2.33. The molecule has 0 aliphatic heterocycles. The number of furan rings is 1. The molecule has 2 amide bonds. The predicted molar refractivity (Wildman–Crippen MR) is 113 cm³/mol. The SMILES string of the molecule is Cc1c([C@H](NC(=O)Nc2cnc(N(C)CCO)nc2)C(C)C)oc2ccc(F)cc12. The van der Waals surface area contributed by atoms with Gasteiger partial charge in [0.1, 0.15) is 17.2 Å². The van der Waals surface area contributed by atoms with Crippen molar-refractivity contribution < 1.29 is 18.7 Å². The molecule has 0 aliphatic rings. The number of hydrogen-bond acceptors (Lipinski definition) is 6. The average Bonchev–Trinajstić information content (AvgIpc) is 3.02. The van der Waals surface area contributed by atoms with Crippen LogP contribution in [0.3, 0.4) is 0 Å². The number of aromatic nitrogens is 2. The molecule has 3 aromatic rings. The number of anilines is 2. The second-order valence-corrected chi connectivity index (χ2v) is 7.47. The Morgan fingerprint density at radius 3 is 2.63 bits per heavy atom. The number of fused-ring (bicyclic) bond motifs is 1. The molecule has 0 radical (unpaired) electrons. The van der Waals surface area contributed by atoms with Crippen LogP contribution >= 0.6 is 0 Å². The number of hydrogen-bond donors (Lipinski definition) is 3. The number of likely N-dealkylation sites (N-methyl/N-ethyl adjacent to an activating group) is 1. The third kappa shape index (κ3) is 4.68. The third-order valence-electron chi connectivity index (χ3n) is 4.84. The average molecular weight is 415 g/mol. The zero-order valence-electron chi connectivity index (χ0n) is 17.4. The Kier molecular flexibility index (Phi) is 6.51. The smallest absolute Gasteiger partial charge is 0.319 e. The summed E-state index contributed by atoms with van der Waals surface area (Å²) in [5, 5.41) is 15.3. The van der Waals surface area contributed by atoms with Crippen LogP contribution in [0.2, 0.25) is 0 Å². The highest BCUT2D eigenvalue weighted by Gasteiger charge is 2.25. The summed E-state index contributed by atoms with van der Waals surface area (Å²) >= 11 is 0. The summed E-state index contributed by atoms with van der Waals surface area (Å²) in [7, 11) is 1.76. The van der Waals surface area contributed by atoms with Crippen molar-refractivity contribution in [1.29, 1.82) is 0 Å². The number of carbonyl (C=O) groups is 1. The van der Waals surface area contributed by atoms with Gasteiger partial charge in [-0.15, -0.1) is 0 Å². The van der Waals surface area contributed by atoms with Crippen molar-refractivity contribution in [1.82, 2.24) is 15.3 Å². The van der Waals surface area contributed by atoms with Crippen molar-refractivity contribution in [3.05, 3.63) is 47.7 Å². The monoisotopic (exact) mass is 415 g/mol. The number of urea groups is 1. The van der Waals surface area contributed by atoms with Gasteiger partial charge >= 0.3 is 6.03 Å². The second kappa shape index (κ2) is 9.08. The number of rotatable bonds is 7. The zero-order chi connectivity index (χ0) is 21.8. The molecular weight excluding hydrogens is 389 g/mol. The number of aryl methyl sites for hydroxylation is 1. The van der Waals surface area contributed by atoms with Crippen molar-refractivity contribution in [2.45, 2.75) is 26.8 Å². The van der Waals surface area contributed by atoms with Crippen molar-refractivity contribution in [2.24, 2.45) is 5.92 Å². The fraction of sp³-hybridized carbons (Fsp3) is 0.381. The molecule has 0 saturated carbocycles. The van der Waals surface area contributed by atoms with Gasteiger partial charge in [0.15, 0.2) is 0 Å². The van der Waals surface area contributed by atoms with Crippen molar-refractivity contribution in [2.75, 3.05) is 30.4 Å². The van der Waals surface area contributed by atoms with Crippen molar-refractivity contribution in [3.8, 4) is 0 Å². The zero-order valence-corrected chi connectivity index (χ0v) is 17.4. The van der Waals surface area contributed by atoms with Gasteiger partial charge in [0.25, 0.3) is 0 Å². The number of halogens is 1. The molecule has 9 heteroatoms. The molecule has 0 bridgehead atoms. The van der Waals surface area contributed by atoms with Gasteiger partial charge in [-0.25, -0.2) is 19.2 Å². The maximum atomic E-state index is 13.6. The number of nitrogens with zero attached hydrogens (tertiary/aromatic N) is 3. The molecule has 2 aromatic heterocycles. The van der Waals surface area contributed by atoms with E-state index in [1.807, 2.05) is 20.8 Å². The highest BCUT2D eigenvalue weighted by atomic mass is 19.1. The molecular formula is C21H26FN5O3. The first-order chi connectivity index (χ1) is 14.3. The maximum Gasteiger partial charge on any atom is 0.319 e. The fourth-order valence-electron chi connectivity index (χ4n) is 3.19. The van der Waals surface area contributed by atoms with E-state index >= 15 is 0 Å². The van der Waals surface area contributed by atoms with Crippen molar-refractivity contribution in [3.63, 3.8) is 0 Å². The minimum atomic E-state index is -0.431. The lowest BCUT2D eigenvalue weighted by Gasteiger charge is -2.21. The molecule has 1 aromatic carbocycles. The second-order valence-electron chi connectivity index (χ2n) is 7.47. The number of nitrogens with one attached hydrogen (secondary N) is 2. The topological polar surface area (TPSA) is 104 Å². The van der Waals surface area contributed by atoms with E-state index in [1.54, 1.807) is 18.0 Å². The van der Waals surface area contributed by atoms with Crippen LogP contribution in [0, 0.1) is 18.7 Å². The lowest BCUT2D eigenvalue weighted by atomic mass is 9.98. The van der Waals surface area contributed by atoms with Gasteiger partial charge in [-0.3, -0.25) is 0 Å². The number of aliphatic hydroxyl groups excluding tert-OH is 1. The van der Waals surface area contributed by atoms with Gasteiger partial charge in [0, 0.05) is 24.5 Å². The van der Waals surface area contributed by atoms with E-state index in [-0.39, 0.29) is 18.3 Å². The first-order valence-electron chi connectivity index (χ1n) is 9.70. The molecule has 0 saturated heterocycles. The molecule has 0 unspecified atom stereocenters. The van der Waals surface area contributed by atoms with E-state index < -0.39 is 12.1 Å². The molecule has 3 rings (SSSR count). The Balaban J connectivity index is 1.74. The standard InChI is InChI=1S/C21H26FN5O3/c1-12(2)18(19-13(3)16-9-14(22)5-6-17(16)30-19)26-21(29)25-15-10-23-20(24-11-15)27(4)7-8-28/h5-6,9-12,18,28H,7-8H2,1-4H3,(H2,25,26,29)/t18-/m1/s1. The summed E-state index contributed by atoms with van der Waals surface area (Å²) in [5.74, 6) is 0.738. The minimum Gasteiger partial charge on any atom is -0.459 e. The largest absolute Gasteiger partial charge is 0.459 e. The molecule has 8 nitrogen and oxygen atoms in total. The van der Waals surface area contributed by atoms with Crippen LogP contribution in [-0.2, 0) is 0 Å². The Morgan fingerprint density at radius 2 is 2.00 bits per heavy atom. The minimum absolute atomic E-state index is 0.00724. The summed E-state index contributed by atoms with van der Waals surface area (Å²) in [4.78, 5) is 22.6. The van der Waals surface area contributed by atoms with Crippen LogP contribution in [0.15, 0.2) is 35.0 Å². The highest BCUT2D eigenvalue weighted by molar-refractivity contribution is 5.89. The van der Waals surface area contributed by atoms with Gasteiger partial charge in [0.05, 0.1) is 30.7 Å². The van der Waals surface area contributed by atoms with E-state index in [9.17, 15) is 9.18 Å². The fourth-order valence-corrected chi connectivity index (χ4v) is 3.19. The first-order valence-corrected chi connectivity index (χ1v) is 9.70. The number of benzene rings is 1.